The zero-order valence-corrected chi connectivity index (χ0v) is 24.6. The van der Waals surface area contributed by atoms with E-state index < -0.39 is 74.7 Å². The number of alkyl halides is 2. The fraction of sp³-hybridized carbons (Fsp3) is 0.452. The molecule has 0 aromatic heterocycles. The third kappa shape index (κ3) is 4.90. The standard InChI is InChI=1S/C31H32F3N3O6S/c1-44(42,43)25(32)15-18(14-17-12-13-35-27(17)38)36-28(39)26-24-11-10-19(16-30(24,33)34)37(26)29(40)31(41)22-8-4-2-6-20(22)21-7-3-5-9-23(21)31/h2-9,15,17-19,24,26,41H,10-14,16H2,1H3,(H,35,38)(H,36,39)/b25-15-/t17-,18-,19+,24+,26-/m1/s1. The molecule has 3 aliphatic heterocycles. The normalized spacial score (nSPS) is 27.3. The highest BCUT2D eigenvalue weighted by Gasteiger charge is 2.63. The Morgan fingerprint density at radius 2 is 1.70 bits per heavy atom. The first kappa shape index (κ1) is 30.3. The summed E-state index contributed by atoms with van der Waals surface area (Å²) < 4.78 is 69.1. The van der Waals surface area contributed by atoms with Crippen LogP contribution in [0.3, 0.4) is 0 Å². The molecule has 13 heteroatoms. The number of nitrogens with zero attached hydrogens (tertiary/aromatic N) is 1. The van der Waals surface area contributed by atoms with Crippen LogP contribution < -0.4 is 10.6 Å². The van der Waals surface area contributed by atoms with Gasteiger partial charge in [0.2, 0.25) is 26.8 Å². The van der Waals surface area contributed by atoms with Crippen molar-refractivity contribution in [2.45, 2.75) is 61.8 Å². The van der Waals surface area contributed by atoms with Gasteiger partial charge in [-0.25, -0.2) is 17.2 Å². The minimum Gasteiger partial charge on any atom is -0.372 e. The number of nitrogens with one attached hydrogen (secondary N) is 2. The zero-order valence-electron chi connectivity index (χ0n) is 23.8. The SMILES string of the molecule is CS(=O)(=O)/C(F)=C\[C@@H](C[C@H]1CCNC1=O)NC(=O)[C@H]1[C@@H]2CC[C@@H](CC2(F)F)N1C(=O)C1(O)c2ccccc2-c2ccccc21. The van der Waals surface area contributed by atoms with Crippen molar-refractivity contribution in [3.63, 3.8) is 0 Å². The van der Waals surface area contributed by atoms with Crippen LogP contribution in [-0.4, -0.2) is 73.0 Å². The number of halogens is 3. The lowest BCUT2D eigenvalue weighted by molar-refractivity contribution is -0.201. The number of rotatable bonds is 7. The quantitative estimate of drug-likeness (QED) is 0.431. The second-order valence-electron chi connectivity index (χ2n) is 12.1. The Morgan fingerprint density at radius 1 is 1.09 bits per heavy atom. The summed E-state index contributed by atoms with van der Waals surface area (Å²) in [5.41, 5.74) is -0.529. The molecule has 3 heterocycles. The predicted octanol–water partition coefficient (Wildman–Crippen LogP) is 2.78. The van der Waals surface area contributed by atoms with Crippen molar-refractivity contribution in [3.05, 3.63) is 70.9 Å². The highest BCUT2D eigenvalue weighted by molar-refractivity contribution is 7.94. The number of hydrogen-bond donors (Lipinski definition) is 3. The highest BCUT2D eigenvalue weighted by atomic mass is 32.2. The minimum atomic E-state index is -4.31. The van der Waals surface area contributed by atoms with Crippen LogP contribution in [0.1, 0.15) is 43.2 Å². The molecule has 2 aliphatic carbocycles. The molecular weight excluding hydrogens is 599 g/mol. The van der Waals surface area contributed by atoms with Gasteiger partial charge in [0, 0.05) is 42.3 Å². The average Bonchev–Trinajstić information content (AvgIpc) is 3.50. The van der Waals surface area contributed by atoms with Gasteiger partial charge in [0.05, 0.1) is 12.0 Å². The molecule has 234 valence electrons. The topological polar surface area (TPSA) is 133 Å². The summed E-state index contributed by atoms with van der Waals surface area (Å²) in [4.78, 5) is 41.8. The summed E-state index contributed by atoms with van der Waals surface area (Å²) >= 11 is 0. The Hall–Kier alpha value is -3.71. The maximum Gasteiger partial charge on any atom is 0.264 e. The maximum atomic E-state index is 15.4. The minimum absolute atomic E-state index is 0.0750. The van der Waals surface area contributed by atoms with E-state index in [0.29, 0.717) is 36.4 Å². The van der Waals surface area contributed by atoms with Crippen molar-refractivity contribution in [1.82, 2.24) is 15.5 Å². The fourth-order valence-corrected chi connectivity index (χ4v) is 7.73. The van der Waals surface area contributed by atoms with E-state index in [0.717, 1.165) is 4.90 Å². The average molecular weight is 632 g/mol. The number of carbonyl (C=O) groups is 3. The number of carbonyl (C=O) groups excluding carboxylic acids is 3. The van der Waals surface area contributed by atoms with Gasteiger partial charge in [-0.1, -0.05) is 48.5 Å². The Balaban J connectivity index is 1.39. The smallest absolute Gasteiger partial charge is 0.264 e. The van der Waals surface area contributed by atoms with Gasteiger partial charge in [-0.3, -0.25) is 14.4 Å². The van der Waals surface area contributed by atoms with Gasteiger partial charge >= 0.3 is 0 Å². The summed E-state index contributed by atoms with van der Waals surface area (Å²) in [6.07, 6.45) is 0.872. The molecule has 0 spiro atoms. The molecule has 0 unspecified atom stereocenters. The molecule has 0 radical (unpaired) electrons. The zero-order chi connectivity index (χ0) is 31.6. The summed E-state index contributed by atoms with van der Waals surface area (Å²) in [6.45, 7) is 0.338. The first-order valence-electron chi connectivity index (χ1n) is 14.5. The molecule has 7 rings (SSSR count). The van der Waals surface area contributed by atoms with Crippen LogP contribution in [-0.2, 0) is 29.8 Å². The van der Waals surface area contributed by atoms with Crippen molar-refractivity contribution in [2.75, 3.05) is 12.8 Å². The summed E-state index contributed by atoms with van der Waals surface area (Å²) in [5.74, 6) is -7.94. The van der Waals surface area contributed by atoms with Gasteiger partial charge in [-0.05, 0) is 42.9 Å². The van der Waals surface area contributed by atoms with Crippen molar-refractivity contribution in [1.29, 1.82) is 0 Å². The van der Waals surface area contributed by atoms with Crippen molar-refractivity contribution >= 4 is 27.6 Å². The maximum absolute atomic E-state index is 15.4. The highest BCUT2D eigenvalue weighted by Crippen LogP contribution is 2.53. The number of aliphatic hydroxyl groups is 1. The van der Waals surface area contributed by atoms with Crippen molar-refractivity contribution in [2.24, 2.45) is 11.8 Å². The van der Waals surface area contributed by atoms with E-state index in [1.165, 1.54) is 0 Å². The fourth-order valence-electron chi connectivity index (χ4n) is 7.32. The third-order valence-corrected chi connectivity index (χ3v) is 10.2. The third-order valence-electron chi connectivity index (χ3n) is 9.39. The summed E-state index contributed by atoms with van der Waals surface area (Å²) in [7, 11) is -4.31. The van der Waals surface area contributed by atoms with Gasteiger partial charge in [0.1, 0.15) is 6.04 Å². The van der Waals surface area contributed by atoms with Crippen LogP contribution in [0.2, 0.25) is 0 Å². The van der Waals surface area contributed by atoms with E-state index in [9.17, 15) is 32.3 Å². The van der Waals surface area contributed by atoms with Gasteiger partial charge in [-0.15, -0.1) is 0 Å². The molecule has 2 aromatic carbocycles. The number of benzene rings is 2. The van der Waals surface area contributed by atoms with Gasteiger partial charge in [-0.2, -0.15) is 4.39 Å². The Labute approximate surface area is 252 Å². The molecule has 1 saturated carbocycles. The molecule has 3 N–H and O–H groups in total. The van der Waals surface area contributed by atoms with E-state index in [1.807, 2.05) is 0 Å². The van der Waals surface area contributed by atoms with Gasteiger partial charge in [0.15, 0.2) is 5.60 Å². The predicted molar refractivity (Wildman–Crippen MR) is 153 cm³/mol. The van der Waals surface area contributed by atoms with E-state index in [2.05, 4.69) is 10.6 Å². The Morgan fingerprint density at radius 3 is 2.25 bits per heavy atom. The Bertz CT molecular complexity index is 1630. The van der Waals surface area contributed by atoms with E-state index >= 15 is 8.78 Å². The molecule has 4 fully saturated rings. The number of hydrogen-bond acceptors (Lipinski definition) is 6. The van der Waals surface area contributed by atoms with Crippen LogP contribution in [0.15, 0.2) is 59.8 Å². The van der Waals surface area contributed by atoms with Crippen LogP contribution >= 0.6 is 0 Å². The lowest BCUT2D eigenvalue weighted by atomic mass is 9.70. The number of fused-ring (bicyclic) bond motifs is 6. The van der Waals surface area contributed by atoms with Crippen LogP contribution in [0.25, 0.3) is 11.1 Å². The summed E-state index contributed by atoms with van der Waals surface area (Å²) in [6, 6.07) is 9.27. The van der Waals surface area contributed by atoms with E-state index in [1.54, 1.807) is 48.5 Å². The van der Waals surface area contributed by atoms with Crippen molar-refractivity contribution < 1.29 is 41.1 Å². The number of sulfone groups is 1. The molecule has 2 bridgehead atoms. The second-order valence-corrected chi connectivity index (χ2v) is 14.1. The van der Waals surface area contributed by atoms with E-state index in [4.69, 9.17) is 0 Å². The first-order valence-corrected chi connectivity index (χ1v) is 16.4. The summed E-state index contributed by atoms with van der Waals surface area (Å²) in [5, 5.41) is 15.8. The molecule has 3 amide bonds. The number of amides is 3. The first-order chi connectivity index (χ1) is 20.7. The van der Waals surface area contributed by atoms with Gasteiger partial charge < -0.3 is 20.6 Å². The molecule has 3 saturated heterocycles. The van der Waals surface area contributed by atoms with Crippen molar-refractivity contribution in [3.8, 4) is 11.1 Å². The molecule has 44 heavy (non-hydrogen) atoms. The van der Waals surface area contributed by atoms with Crippen LogP contribution in [0.5, 0.6) is 0 Å². The molecule has 2 aromatic rings. The van der Waals surface area contributed by atoms with E-state index in [-0.39, 0.29) is 36.3 Å². The van der Waals surface area contributed by atoms with Gasteiger partial charge in [0.25, 0.3) is 11.8 Å². The Kier molecular flexibility index (Phi) is 7.39. The second kappa shape index (κ2) is 10.7. The molecule has 9 nitrogen and oxygen atoms in total. The molecule has 5 aliphatic rings. The van der Waals surface area contributed by atoms with Crippen LogP contribution in [0, 0.1) is 11.8 Å². The molecular formula is C31H32F3N3O6S. The number of piperidine rings is 2. The largest absolute Gasteiger partial charge is 0.372 e. The van der Waals surface area contributed by atoms with Crippen LogP contribution in [0.4, 0.5) is 13.2 Å². The lowest BCUT2D eigenvalue weighted by Crippen LogP contribution is -2.70. The molecule has 5 atom stereocenters. The monoisotopic (exact) mass is 631 g/mol. The lowest BCUT2D eigenvalue weighted by Gasteiger charge is -2.55.